The van der Waals surface area contributed by atoms with Crippen LogP contribution in [0.1, 0.15) is 44.2 Å². The Hall–Kier alpha value is -2.57. The molecular formula is C20H26N2O5. The molecule has 2 aliphatic rings. The van der Waals surface area contributed by atoms with Crippen molar-refractivity contribution in [1.82, 2.24) is 10.2 Å². The van der Waals surface area contributed by atoms with Gasteiger partial charge in [-0.05, 0) is 50.3 Å². The van der Waals surface area contributed by atoms with Gasteiger partial charge < -0.3 is 20.1 Å². The predicted octanol–water partition coefficient (Wildman–Crippen LogP) is 1.98. The number of amides is 2. The summed E-state index contributed by atoms with van der Waals surface area (Å²) in [6.45, 7) is 2.78. The number of piperidine rings is 1. The molecule has 2 N–H and O–H groups in total. The van der Waals surface area contributed by atoms with E-state index in [4.69, 9.17) is 9.84 Å². The third-order valence-corrected chi connectivity index (χ3v) is 5.13. The highest BCUT2D eigenvalue weighted by Crippen LogP contribution is 2.32. The van der Waals surface area contributed by atoms with Crippen LogP contribution < -0.4 is 10.1 Å². The second kappa shape index (κ2) is 8.41. The number of hydrogen-bond donors (Lipinski definition) is 2. The first-order valence-electron chi connectivity index (χ1n) is 9.47. The van der Waals surface area contributed by atoms with Crippen molar-refractivity contribution in [2.75, 3.05) is 19.7 Å². The summed E-state index contributed by atoms with van der Waals surface area (Å²) in [6.07, 6.45) is 3.63. The first-order chi connectivity index (χ1) is 12.9. The summed E-state index contributed by atoms with van der Waals surface area (Å²) in [5, 5.41) is 11.7. The van der Waals surface area contributed by atoms with E-state index in [0.717, 1.165) is 37.8 Å². The first kappa shape index (κ1) is 19.2. The maximum absolute atomic E-state index is 12.6. The minimum atomic E-state index is -1.03. The van der Waals surface area contributed by atoms with E-state index < -0.39 is 5.97 Å². The van der Waals surface area contributed by atoms with Crippen molar-refractivity contribution < 1.29 is 24.2 Å². The molecule has 7 heteroatoms. The second-order valence-electron chi connectivity index (χ2n) is 7.38. The molecule has 2 fully saturated rings. The van der Waals surface area contributed by atoms with E-state index in [9.17, 15) is 14.4 Å². The highest BCUT2D eigenvalue weighted by molar-refractivity contribution is 5.83. The minimum Gasteiger partial charge on any atom is -0.482 e. The van der Waals surface area contributed by atoms with Crippen LogP contribution in [0.15, 0.2) is 24.3 Å². The predicted molar refractivity (Wildman–Crippen MR) is 98.2 cm³/mol. The van der Waals surface area contributed by atoms with Gasteiger partial charge in [0, 0.05) is 19.0 Å². The van der Waals surface area contributed by atoms with Crippen molar-refractivity contribution >= 4 is 17.8 Å². The summed E-state index contributed by atoms with van der Waals surface area (Å²) in [5.74, 6) is -0.350. The van der Waals surface area contributed by atoms with Gasteiger partial charge in [-0.25, -0.2) is 4.79 Å². The van der Waals surface area contributed by atoms with E-state index in [0.29, 0.717) is 12.3 Å². The number of carboxylic acids is 1. The number of nitrogens with zero attached hydrogens (tertiary/aromatic N) is 1. The van der Waals surface area contributed by atoms with E-state index in [-0.39, 0.29) is 36.3 Å². The molecule has 2 atom stereocenters. The summed E-state index contributed by atoms with van der Waals surface area (Å²) in [5.41, 5.74) is 0.910. The maximum atomic E-state index is 12.6. The van der Waals surface area contributed by atoms with E-state index in [2.05, 4.69) is 5.32 Å². The number of likely N-dealkylation sites (tertiary alicyclic amines) is 1. The van der Waals surface area contributed by atoms with Crippen LogP contribution in [-0.4, -0.2) is 47.5 Å². The molecule has 7 nitrogen and oxygen atoms in total. The average molecular weight is 374 g/mol. The van der Waals surface area contributed by atoms with E-state index in [1.165, 1.54) is 0 Å². The van der Waals surface area contributed by atoms with Crippen molar-refractivity contribution in [2.45, 2.75) is 38.6 Å². The summed E-state index contributed by atoms with van der Waals surface area (Å²) in [7, 11) is 0. The Bertz CT molecular complexity index is 699. The molecule has 1 aliphatic carbocycles. The largest absolute Gasteiger partial charge is 0.482 e. The van der Waals surface area contributed by atoms with Crippen molar-refractivity contribution in [3.05, 3.63) is 29.8 Å². The third kappa shape index (κ3) is 5.21. The number of nitrogens with one attached hydrogen (secondary N) is 1. The molecule has 2 amide bonds. The van der Waals surface area contributed by atoms with Crippen molar-refractivity contribution in [3.63, 3.8) is 0 Å². The maximum Gasteiger partial charge on any atom is 0.341 e. The fourth-order valence-electron chi connectivity index (χ4n) is 3.39. The molecule has 1 saturated carbocycles. The summed E-state index contributed by atoms with van der Waals surface area (Å²) in [6, 6.07) is 6.83. The van der Waals surface area contributed by atoms with Crippen molar-refractivity contribution in [1.29, 1.82) is 0 Å². The monoisotopic (exact) mass is 374 g/mol. The zero-order valence-corrected chi connectivity index (χ0v) is 15.5. The molecule has 1 aliphatic heterocycles. The fourth-order valence-corrected chi connectivity index (χ4v) is 3.39. The molecule has 0 spiro atoms. The number of carbonyl (C=O) groups is 3. The zero-order valence-electron chi connectivity index (χ0n) is 15.5. The van der Waals surface area contributed by atoms with Crippen LogP contribution in [0.25, 0.3) is 0 Å². The molecule has 0 bridgehead atoms. The summed E-state index contributed by atoms with van der Waals surface area (Å²) < 4.78 is 5.11. The van der Waals surface area contributed by atoms with E-state index >= 15 is 0 Å². The fraction of sp³-hybridized carbons (Fsp3) is 0.550. The van der Waals surface area contributed by atoms with Crippen LogP contribution in [0.5, 0.6) is 5.75 Å². The van der Waals surface area contributed by atoms with Gasteiger partial charge >= 0.3 is 5.97 Å². The highest BCUT2D eigenvalue weighted by atomic mass is 16.5. The number of carboxylic acid groups (broad SMARTS) is 1. The Morgan fingerprint density at radius 2 is 1.89 bits per heavy atom. The van der Waals surface area contributed by atoms with Crippen molar-refractivity contribution in [2.24, 2.45) is 11.8 Å². The number of ether oxygens (including phenoxy) is 1. The molecule has 27 heavy (non-hydrogen) atoms. The van der Waals surface area contributed by atoms with Gasteiger partial charge in [0.25, 0.3) is 0 Å². The average Bonchev–Trinajstić information content (AvgIpc) is 3.51. The van der Waals surface area contributed by atoms with E-state index in [1.54, 1.807) is 12.1 Å². The van der Waals surface area contributed by atoms with Gasteiger partial charge in [-0.1, -0.05) is 12.1 Å². The summed E-state index contributed by atoms with van der Waals surface area (Å²) in [4.78, 5) is 37.3. The Kier molecular flexibility index (Phi) is 5.98. The molecule has 146 valence electrons. The molecule has 1 heterocycles. The second-order valence-corrected chi connectivity index (χ2v) is 7.38. The Labute approximate surface area is 158 Å². The lowest BCUT2D eigenvalue weighted by Gasteiger charge is -2.32. The number of hydrogen-bond acceptors (Lipinski definition) is 4. The lowest BCUT2D eigenvalue weighted by Crippen LogP contribution is -2.46. The van der Waals surface area contributed by atoms with Crippen LogP contribution in [0.3, 0.4) is 0 Å². The third-order valence-electron chi connectivity index (χ3n) is 5.13. The van der Waals surface area contributed by atoms with Crippen LogP contribution >= 0.6 is 0 Å². The molecule has 0 aromatic heterocycles. The van der Waals surface area contributed by atoms with Crippen LogP contribution in [0.4, 0.5) is 0 Å². The minimum absolute atomic E-state index is 0.0259. The SMILES string of the molecule is CC(NC(=O)C1CCCN(C(=O)C2CC2)C1)c1ccc(OCC(=O)O)cc1. The van der Waals surface area contributed by atoms with Gasteiger partial charge in [0.15, 0.2) is 6.61 Å². The molecular weight excluding hydrogens is 348 g/mol. The summed E-state index contributed by atoms with van der Waals surface area (Å²) >= 11 is 0. The Morgan fingerprint density at radius 1 is 1.19 bits per heavy atom. The lowest BCUT2D eigenvalue weighted by atomic mass is 9.96. The lowest BCUT2D eigenvalue weighted by molar-refractivity contribution is -0.139. The van der Waals surface area contributed by atoms with Gasteiger partial charge in [-0.3, -0.25) is 9.59 Å². The molecule has 1 aromatic rings. The smallest absolute Gasteiger partial charge is 0.341 e. The van der Waals surface area contributed by atoms with Crippen LogP contribution in [0, 0.1) is 11.8 Å². The van der Waals surface area contributed by atoms with Gasteiger partial charge in [0.1, 0.15) is 5.75 Å². The van der Waals surface area contributed by atoms with Gasteiger partial charge in [-0.2, -0.15) is 0 Å². The van der Waals surface area contributed by atoms with Crippen LogP contribution in [-0.2, 0) is 14.4 Å². The van der Waals surface area contributed by atoms with Crippen LogP contribution in [0.2, 0.25) is 0 Å². The molecule has 1 aromatic carbocycles. The highest BCUT2D eigenvalue weighted by Gasteiger charge is 2.36. The van der Waals surface area contributed by atoms with Gasteiger partial charge in [-0.15, -0.1) is 0 Å². The first-order valence-corrected chi connectivity index (χ1v) is 9.47. The topological polar surface area (TPSA) is 95.9 Å². The van der Waals surface area contributed by atoms with Gasteiger partial charge in [0.2, 0.25) is 11.8 Å². The standard InChI is InChI=1S/C20H26N2O5/c1-13(14-6-8-17(9-7-14)27-12-18(23)24)21-19(25)16-3-2-10-22(11-16)20(26)15-4-5-15/h6-9,13,15-16H,2-5,10-12H2,1H3,(H,21,25)(H,23,24). The van der Waals surface area contributed by atoms with Gasteiger partial charge in [0.05, 0.1) is 12.0 Å². The number of carbonyl (C=O) groups excluding carboxylic acids is 2. The number of rotatable bonds is 7. The Morgan fingerprint density at radius 3 is 2.52 bits per heavy atom. The van der Waals surface area contributed by atoms with Crippen molar-refractivity contribution in [3.8, 4) is 5.75 Å². The zero-order chi connectivity index (χ0) is 19.4. The normalized spacial score (nSPS) is 20.6. The Balaban J connectivity index is 1.52. The molecule has 3 rings (SSSR count). The quantitative estimate of drug-likeness (QED) is 0.761. The number of benzene rings is 1. The van der Waals surface area contributed by atoms with E-state index in [1.807, 2.05) is 24.0 Å². The molecule has 1 saturated heterocycles. The molecule has 2 unspecified atom stereocenters. The molecule has 0 radical (unpaired) electrons. The number of aliphatic carboxylic acids is 1.